The maximum Gasteiger partial charge on any atom is 0.429 e. The van der Waals surface area contributed by atoms with Gasteiger partial charge in [-0.2, -0.15) is 13.2 Å². The molecule has 0 saturated heterocycles. The average Bonchev–Trinajstić information content (AvgIpc) is 2.59. The summed E-state index contributed by atoms with van der Waals surface area (Å²) >= 11 is 5.72. The van der Waals surface area contributed by atoms with Crippen molar-refractivity contribution in [2.45, 2.75) is 31.7 Å². The summed E-state index contributed by atoms with van der Waals surface area (Å²) in [5.74, 6) is -1.03. The molecule has 8 heteroatoms. The number of carboxylic acid groups (broad SMARTS) is 1. The first-order valence-electron chi connectivity index (χ1n) is 8.13. The first-order valence-corrected chi connectivity index (χ1v) is 8.50. The van der Waals surface area contributed by atoms with E-state index in [2.05, 4.69) is 0 Å². The lowest BCUT2D eigenvalue weighted by Gasteiger charge is -2.23. The maximum absolute atomic E-state index is 13.4. The Labute approximate surface area is 159 Å². The van der Waals surface area contributed by atoms with Gasteiger partial charge in [0, 0.05) is 17.2 Å². The van der Waals surface area contributed by atoms with Crippen LogP contribution in [0.4, 0.5) is 13.2 Å². The summed E-state index contributed by atoms with van der Waals surface area (Å²) in [5.41, 5.74) is 0.468. The van der Waals surface area contributed by atoms with E-state index in [0.29, 0.717) is 17.2 Å². The highest BCUT2D eigenvalue weighted by atomic mass is 35.5. The van der Waals surface area contributed by atoms with Crippen LogP contribution in [0.3, 0.4) is 0 Å². The van der Waals surface area contributed by atoms with Crippen LogP contribution in [0.5, 0.6) is 5.75 Å². The van der Waals surface area contributed by atoms with E-state index >= 15 is 0 Å². The number of hydrogen-bond donors (Lipinski definition) is 1. The fraction of sp³-hybridized carbons (Fsp3) is 0.316. The monoisotopic (exact) mass is 402 g/mol. The van der Waals surface area contributed by atoms with Gasteiger partial charge in [0.2, 0.25) is 6.10 Å². The summed E-state index contributed by atoms with van der Waals surface area (Å²) in [4.78, 5) is 10.9. The first-order chi connectivity index (χ1) is 12.7. The van der Waals surface area contributed by atoms with Crippen LogP contribution in [0, 0.1) is 0 Å². The Balaban J connectivity index is 2.21. The van der Waals surface area contributed by atoms with Gasteiger partial charge in [0.05, 0.1) is 12.5 Å². The predicted octanol–water partition coefficient (Wildman–Crippen LogP) is 5.57. The van der Waals surface area contributed by atoms with Crippen molar-refractivity contribution in [3.63, 3.8) is 0 Å². The van der Waals surface area contributed by atoms with Crippen molar-refractivity contribution in [1.29, 1.82) is 0 Å². The minimum absolute atomic E-state index is 0.00148. The molecule has 0 radical (unpaired) electrons. The van der Waals surface area contributed by atoms with Crippen molar-refractivity contribution in [2.75, 3.05) is 6.61 Å². The van der Waals surface area contributed by atoms with Gasteiger partial charge in [-0.1, -0.05) is 35.9 Å². The fourth-order valence-corrected chi connectivity index (χ4v) is 2.62. The molecular weight excluding hydrogens is 385 g/mol. The number of ether oxygens (including phenoxy) is 2. The van der Waals surface area contributed by atoms with E-state index in [1.807, 2.05) is 0 Å². The maximum atomic E-state index is 13.4. The Hall–Kier alpha value is -2.25. The highest BCUT2D eigenvalue weighted by Crippen LogP contribution is 2.37. The number of carboxylic acids is 1. The Morgan fingerprint density at radius 2 is 1.63 bits per heavy atom. The van der Waals surface area contributed by atoms with Gasteiger partial charge in [-0.05, 0) is 36.8 Å². The topological polar surface area (TPSA) is 55.8 Å². The van der Waals surface area contributed by atoms with E-state index < -0.39 is 24.4 Å². The van der Waals surface area contributed by atoms with E-state index in [4.69, 9.17) is 26.2 Å². The lowest BCUT2D eigenvalue weighted by atomic mass is 10.1. The quantitative estimate of drug-likeness (QED) is 0.626. The van der Waals surface area contributed by atoms with Gasteiger partial charge in [0.15, 0.2) is 0 Å². The molecule has 0 amide bonds. The minimum Gasteiger partial charge on any atom is -0.481 e. The van der Waals surface area contributed by atoms with Crippen LogP contribution in [0.2, 0.25) is 5.02 Å². The van der Waals surface area contributed by atoms with Gasteiger partial charge in [0.1, 0.15) is 5.75 Å². The van der Waals surface area contributed by atoms with E-state index in [0.717, 1.165) is 0 Å². The van der Waals surface area contributed by atoms with Crippen molar-refractivity contribution in [2.24, 2.45) is 0 Å². The second kappa shape index (κ2) is 9.10. The zero-order valence-electron chi connectivity index (χ0n) is 14.4. The molecule has 2 atom stereocenters. The van der Waals surface area contributed by atoms with Gasteiger partial charge < -0.3 is 14.6 Å². The Morgan fingerprint density at radius 3 is 2.11 bits per heavy atom. The molecule has 0 saturated carbocycles. The highest BCUT2D eigenvalue weighted by Gasteiger charge is 2.43. The Kier molecular flexibility index (Phi) is 7.10. The normalized spacial score (nSPS) is 13.8. The standard InChI is InChI=1S/C19H18ClF3O4/c1-2-26-16(11-17(24)25)12-5-9-15(10-6-12)27-18(19(21,22)23)13-3-7-14(20)8-4-13/h3-10,16,18H,2,11H2,1H3,(H,24,25). The molecule has 0 aliphatic heterocycles. The van der Waals surface area contributed by atoms with Gasteiger partial charge >= 0.3 is 12.1 Å². The molecule has 0 bridgehead atoms. The molecule has 0 aliphatic carbocycles. The SMILES string of the molecule is CCOC(CC(=O)O)c1ccc(OC(c2ccc(Cl)cc2)C(F)(F)F)cc1. The van der Waals surface area contributed by atoms with Crippen molar-refractivity contribution < 1.29 is 32.5 Å². The summed E-state index contributed by atoms with van der Waals surface area (Å²) in [5, 5.41) is 9.26. The van der Waals surface area contributed by atoms with Crippen molar-refractivity contribution in [1.82, 2.24) is 0 Å². The summed E-state index contributed by atoms with van der Waals surface area (Å²) in [7, 11) is 0. The molecule has 27 heavy (non-hydrogen) atoms. The average molecular weight is 403 g/mol. The molecule has 2 aromatic rings. The number of alkyl halides is 3. The molecule has 0 aliphatic rings. The van der Waals surface area contributed by atoms with Gasteiger partial charge in [0.25, 0.3) is 0 Å². The zero-order valence-corrected chi connectivity index (χ0v) is 15.1. The van der Waals surface area contributed by atoms with Gasteiger partial charge in [-0.3, -0.25) is 4.79 Å². The number of rotatable bonds is 8. The van der Waals surface area contributed by atoms with Crippen LogP contribution >= 0.6 is 11.6 Å². The van der Waals surface area contributed by atoms with Crippen LogP contribution in [-0.4, -0.2) is 23.9 Å². The lowest BCUT2D eigenvalue weighted by molar-refractivity contribution is -0.198. The Morgan fingerprint density at radius 1 is 1.07 bits per heavy atom. The third-order valence-corrected chi connectivity index (χ3v) is 3.96. The molecule has 0 fully saturated rings. The van der Waals surface area contributed by atoms with Crippen molar-refractivity contribution >= 4 is 17.6 Å². The van der Waals surface area contributed by atoms with Crippen LogP contribution in [0.25, 0.3) is 0 Å². The largest absolute Gasteiger partial charge is 0.481 e. The molecule has 2 unspecified atom stereocenters. The number of aliphatic carboxylic acids is 1. The van der Waals surface area contributed by atoms with Crippen LogP contribution < -0.4 is 4.74 Å². The second-order valence-electron chi connectivity index (χ2n) is 5.70. The Bertz CT molecular complexity index is 745. The minimum atomic E-state index is -4.62. The summed E-state index contributed by atoms with van der Waals surface area (Å²) in [6.07, 6.45) is -7.70. The molecule has 0 aromatic heterocycles. The summed E-state index contributed by atoms with van der Waals surface area (Å²) in [6, 6.07) is 10.9. The molecule has 2 rings (SSSR count). The second-order valence-corrected chi connectivity index (χ2v) is 6.14. The van der Waals surface area contributed by atoms with Crippen molar-refractivity contribution in [3.05, 3.63) is 64.7 Å². The number of carbonyl (C=O) groups is 1. The van der Waals surface area contributed by atoms with E-state index in [1.165, 1.54) is 48.5 Å². The van der Waals surface area contributed by atoms with Gasteiger partial charge in [-0.25, -0.2) is 0 Å². The molecule has 146 valence electrons. The molecule has 1 N–H and O–H groups in total. The highest BCUT2D eigenvalue weighted by molar-refractivity contribution is 6.30. The summed E-state index contributed by atoms with van der Waals surface area (Å²) < 4.78 is 50.7. The molecule has 0 spiro atoms. The number of halogens is 4. The molecular formula is C19H18ClF3O4. The molecule has 0 heterocycles. The van der Waals surface area contributed by atoms with Crippen LogP contribution in [0.15, 0.2) is 48.5 Å². The summed E-state index contributed by atoms with van der Waals surface area (Å²) in [6.45, 7) is 2.04. The van der Waals surface area contributed by atoms with Crippen LogP contribution in [-0.2, 0) is 9.53 Å². The van der Waals surface area contributed by atoms with Crippen LogP contribution in [0.1, 0.15) is 36.7 Å². The molecule has 2 aromatic carbocycles. The molecule has 4 nitrogen and oxygen atoms in total. The zero-order chi connectivity index (χ0) is 20.0. The van der Waals surface area contributed by atoms with Crippen molar-refractivity contribution in [3.8, 4) is 5.75 Å². The lowest BCUT2D eigenvalue weighted by Crippen LogP contribution is -2.26. The number of hydrogen-bond acceptors (Lipinski definition) is 3. The third kappa shape index (κ3) is 6.15. The van der Waals surface area contributed by atoms with Gasteiger partial charge in [-0.15, -0.1) is 0 Å². The van der Waals surface area contributed by atoms with E-state index in [9.17, 15) is 18.0 Å². The number of benzene rings is 2. The predicted molar refractivity (Wildman–Crippen MR) is 93.9 cm³/mol. The van der Waals surface area contributed by atoms with E-state index in [1.54, 1.807) is 6.92 Å². The first kappa shape index (κ1) is 21.1. The smallest absolute Gasteiger partial charge is 0.429 e. The third-order valence-electron chi connectivity index (χ3n) is 3.70. The fourth-order valence-electron chi connectivity index (χ4n) is 2.49. The van der Waals surface area contributed by atoms with E-state index in [-0.39, 0.29) is 17.7 Å².